The van der Waals surface area contributed by atoms with Crippen LogP contribution in [0.5, 0.6) is 0 Å². The third kappa shape index (κ3) is 5.32. The van der Waals surface area contributed by atoms with Gasteiger partial charge in [-0.1, -0.05) is 0 Å². The third-order valence-electron chi connectivity index (χ3n) is 2.60. The summed E-state index contributed by atoms with van der Waals surface area (Å²) in [6.45, 7) is 4.40. The molecular weight excluding hydrogens is 300 g/mol. The molecule has 0 aromatic rings. The minimum Gasteiger partial charge on any atom is -0.463 e. The predicted molar refractivity (Wildman–Crippen MR) is 68.2 cm³/mol. The highest BCUT2D eigenvalue weighted by Crippen LogP contribution is 2.28. The van der Waals surface area contributed by atoms with Gasteiger partial charge in [-0.2, -0.15) is 0 Å². The van der Waals surface area contributed by atoms with E-state index in [1.807, 2.05) is 0 Å². The standard InChI is InChI=1S/C13H18O9/c1-6(14)18-5-10-11(19-7(2)15)12(20-8(3)16)13(22-10)21-9(4)17/h10-13H,5H2,1-4H3/t10-,11?,12+,13?/m1/s1. The highest BCUT2D eigenvalue weighted by atomic mass is 16.8. The Bertz CT molecular complexity index is 458. The van der Waals surface area contributed by atoms with Crippen molar-refractivity contribution in [2.75, 3.05) is 6.61 Å². The molecule has 4 atom stereocenters. The highest BCUT2D eigenvalue weighted by Gasteiger charge is 2.51. The first-order valence-corrected chi connectivity index (χ1v) is 6.51. The van der Waals surface area contributed by atoms with Crippen molar-refractivity contribution < 1.29 is 42.9 Å². The Morgan fingerprint density at radius 2 is 1.27 bits per heavy atom. The Morgan fingerprint density at radius 1 is 0.773 bits per heavy atom. The van der Waals surface area contributed by atoms with E-state index < -0.39 is 48.5 Å². The summed E-state index contributed by atoms with van der Waals surface area (Å²) in [5, 5.41) is 0. The molecule has 0 radical (unpaired) electrons. The fraction of sp³-hybridized carbons (Fsp3) is 0.692. The Labute approximate surface area is 126 Å². The van der Waals surface area contributed by atoms with Crippen molar-refractivity contribution in [2.45, 2.75) is 52.3 Å². The van der Waals surface area contributed by atoms with Crippen LogP contribution in [0, 0.1) is 0 Å². The van der Waals surface area contributed by atoms with Crippen LogP contribution in [0.15, 0.2) is 0 Å². The van der Waals surface area contributed by atoms with Gasteiger partial charge in [-0.05, 0) is 0 Å². The second kappa shape index (κ2) is 7.74. The zero-order valence-electron chi connectivity index (χ0n) is 12.7. The molecule has 0 aliphatic carbocycles. The lowest BCUT2D eigenvalue weighted by Crippen LogP contribution is -2.42. The molecule has 0 bridgehead atoms. The van der Waals surface area contributed by atoms with Gasteiger partial charge in [0.05, 0.1) is 0 Å². The van der Waals surface area contributed by atoms with Gasteiger partial charge in [-0.3, -0.25) is 19.2 Å². The smallest absolute Gasteiger partial charge is 0.305 e. The molecular formula is C13H18O9. The van der Waals surface area contributed by atoms with Crippen molar-refractivity contribution in [2.24, 2.45) is 0 Å². The second-order valence-electron chi connectivity index (χ2n) is 4.60. The number of esters is 4. The van der Waals surface area contributed by atoms with Crippen molar-refractivity contribution in [3.05, 3.63) is 0 Å². The Hall–Kier alpha value is -2.16. The Kier molecular flexibility index (Phi) is 6.29. The van der Waals surface area contributed by atoms with Crippen LogP contribution < -0.4 is 0 Å². The number of ether oxygens (including phenoxy) is 5. The van der Waals surface area contributed by atoms with Crippen LogP contribution in [0.4, 0.5) is 0 Å². The molecule has 1 saturated heterocycles. The maximum absolute atomic E-state index is 11.2. The van der Waals surface area contributed by atoms with Crippen LogP contribution in [0.3, 0.4) is 0 Å². The summed E-state index contributed by atoms with van der Waals surface area (Å²) >= 11 is 0. The molecule has 0 aromatic carbocycles. The highest BCUT2D eigenvalue weighted by molar-refractivity contribution is 5.68. The molecule has 1 fully saturated rings. The fourth-order valence-electron chi connectivity index (χ4n) is 1.93. The van der Waals surface area contributed by atoms with Gasteiger partial charge in [-0.15, -0.1) is 0 Å². The van der Waals surface area contributed by atoms with Crippen LogP contribution in [-0.2, 0) is 42.9 Å². The van der Waals surface area contributed by atoms with Crippen molar-refractivity contribution in [1.82, 2.24) is 0 Å². The van der Waals surface area contributed by atoms with Crippen molar-refractivity contribution in [3.8, 4) is 0 Å². The van der Waals surface area contributed by atoms with E-state index in [0.29, 0.717) is 0 Å². The first-order valence-electron chi connectivity index (χ1n) is 6.51. The molecule has 1 aliphatic heterocycles. The molecule has 0 amide bonds. The zero-order valence-corrected chi connectivity index (χ0v) is 12.7. The molecule has 0 spiro atoms. The summed E-state index contributed by atoms with van der Waals surface area (Å²) < 4.78 is 25.2. The molecule has 124 valence electrons. The van der Waals surface area contributed by atoms with E-state index >= 15 is 0 Å². The molecule has 0 saturated carbocycles. The summed E-state index contributed by atoms with van der Waals surface area (Å²) in [5.41, 5.74) is 0. The van der Waals surface area contributed by atoms with Crippen LogP contribution in [-0.4, -0.2) is 55.1 Å². The molecule has 1 rings (SSSR count). The van der Waals surface area contributed by atoms with Gasteiger partial charge < -0.3 is 23.7 Å². The second-order valence-corrected chi connectivity index (χ2v) is 4.60. The number of carbonyl (C=O) groups is 4. The Morgan fingerprint density at radius 3 is 1.73 bits per heavy atom. The Balaban J connectivity index is 2.94. The number of hydrogen-bond acceptors (Lipinski definition) is 9. The molecule has 0 aromatic heterocycles. The third-order valence-corrected chi connectivity index (χ3v) is 2.60. The van der Waals surface area contributed by atoms with Crippen molar-refractivity contribution >= 4 is 23.9 Å². The van der Waals surface area contributed by atoms with E-state index in [0.717, 1.165) is 20.8 Å². The number of rotatable bonds is 5. The molecule has 0 N–H and O–H groups in total. The monoisotopic (exact) mass is 318 g/mol. The topological polar surface area (TPSA) is 114 Å². The molecule has 9 nitrogen and oxygen atoms in total. The van der Waals surface area contributed by atoms with Gasteiger partial charge in [0, 0.05) is 27.7 Å². The van der Waals surface area contributed by atoms with Crippen LogP contribution in [0.25, 0.3) is 0 Å². The van der Waals surface area contributed by atoms with Crippen molar-refractivity contribution in [1.29, 1.82) is 0 Å². The normalized spacial score (nSPS) is 26.9. The molecule has 2 unspecified atom stereocenters. The molecule has 9 heteroatoms. The van der Waals surface area contributed by atoms with Crippen LogP contribution in [0.2, 0.25) is 0 Å². The summed E-state index contributed by atoms with van der Waals surface area (Å²) in [6.07, 6.45) is -4.40. The van der Waals surface area contributed by atoms with Gasteiger partial charge in [0.15, 0.2) is 6.10 Å². The first-order chi connectivity index (χ1) is 10.2. The average molecular weight is 318 g/mol. The van der Waals surface area contributed by atoms with E-state index in [-0.39, 0.29) is 6.61 Å². The van der Waals surface area contributed by atoms with Gasteiger partial charge in [0.25, 0.3) is 0 Å². The van der Waals surface area contributed by atoms with E-state index in [1.165, 1.54) is 6.92 Å². The van der Waals surface area contributed by atoms with Crippen molar-refractivity contribution in [3.63, 3.8) is 0 Å². The maximum atomic E-state index is 11.2. The SMILES string of the molecule is CC(=O)OC[C@H]1OC(OC(C)=O)[C@@H](OC(C)=O)C1OC(C)=O. The maximum Gasteiger partial charge on any atom is 0.305 e. The lowest BCUT2D eigenvalue weighted by atomic mass is 10.1. The summed E-state index contributed by atoms with van der Waals surface area (Å²) in [6, 6.07) is 0. The molecule has 22 heavy (non-hydrogen) atoms. The number of hydrogen-bond donors (Lipinski definition) is 0. The summed E-state index contributed by atoms with van der Waals surface area (Å²) in [4.78, 5) is 44.4. The van der Waals surface area contributed by atoms with E-state index in [1.54, 1.807) is 0 Å². The fourth-order valence-corrected chi connectivity index (χ4v) is 1.93. The van der Waals surface area contributed by atoms with Gasteiger partial charge in [-0.25, -0.2) is 0 Å². The lowest BCUT2D eigenvalue weighted by molar-refractivity contribution is -0.197. The predicted octanol–water partition coefficient (Wildman–Crippen LogP) is -0.299. The minimum atomic E-state index is -1.26. The van der Waals surface area contributed by atoms with E-state index in [9.17, 15) is 19.2 Å². The zero-order chi connectivity index (χ0) is 16.9. The molecule has 1 aliphatic rings. The minimum absolute atomic E-state index is 0.247. The molecule has 1 heterocycles. The van der Waals surface area contributed by atoms with Gasteiger partial charge >= 0.3 is 23.9 Å². The van der Waals surface area contributed by atoms with Gasteiger partial charge in [0.1, 0.15) is 12.7 Å². The lowest BCUT2D eigenvalue weighted by Gasteiger charge is -2.22. The van der Waals surface area contributed by atoms with Crippen LogP contribution in [0.1, 0.15) is 27.7 Å². The quantitative estimate of drug-likeness (QED) is 0.497. The number of carbonyl (C=O) groups excluding carboxylic acids is 4. The van der Waals surface area contributed by atoms with Gasteiger partial charge in [0.2, 0.25) is 12.4 Å². The van der Waals surface area contributed by atoms with E-state index in [4.69, 9.17) is 23.7 Å². The summed E-state index contributed by atoms with van der Waals surface area (Å²) in [7, 11) is 0. The average Bonchev–Trinajstić information content (AvgIpc) is 2.63. The van der Waals surface area contributed by atoms with Crippen LogP contribution >= 0.6 is 0 Å². The largest absolute Gasteiger partial charge is 0.463 e. The first kappa shape index (κ1) is 17.9. The summed E-state index contributed by atoms with van der Waals surface area (Å²) in [5.74, 6) is -2.56. The van der Waals surface area contributed by atoms with E-state index in [2.05, 4.69) is 0 Å².